The minimum Gasteiger partial charge on any atom is -0.454 e. The number of para-hydroxylation sites is 2. The summed E-state index contributed by atoms with van der Waals surface area (Å²) in [5, 5.41) is 0.755. The molecule has 27 heavy (non-hydrogen) atoms. The van der Waals surface area contributed by atoms with Crippen LogP contribution >= 0.6 is 0 Å². The van der Waals surface area contributed by atoms with E-state index < -0.39 is 5.97 Å². The van der Waals surface area contributed by atoms with E-state index in [2.05, 4.69) is 9.97 Å². The molecule has 1 aliphatic rings. The molecule has 0 unspecified atom stereocenters. The minimum absolute atomic E-state index is 0.0147. The number of ether oxygens (including phenoxy) is 1. The van der Waals surface area contributed by atoms with Crippen LogP contribution in [0.2, 0.25) is 0 Å². The fourth-order valence-corrected chi connectivity index (χ4v) is 3.21. The Bertz CT molecular complexity index is 1030. The highest BCUT2D eigenvalue weighted by Crippen LogP contribution is 2.26. The third kappa shape index (κ3) is 3.31. The molecule has 7 nitrogen and oxygen atoms in total. The van der Waals surface area contributed by atoms with Gasteiger partial charge in [0, 0.05) is 18.4 Å². The maximum absolute atomic E-state index is 12.6. The zero-order valence-corrected chi connectivity index (χ0v) is 14.6. The second-order valence-corrected chi connectivity index (χ2v) is 6.28. The number of aromatic nitrogens is 2. The number of hydrogen-bond acceptors (Lipinski definition) is 6. The van der Waals surface area contributed by atoms with Crippen molar-refractivity contribution >= 4 is 34.3 Å². The summed E-state index contributed by atoms with van der Waals surface area (Å²) >= 11 is 0. The van der Waals surface area contributed by atoms with E-state index in [-0.39, 0.29) is 12.5 Å². The topological polar surface area (TPSA) is 98.4 Å². The average molecular weight is 362 g/mol. The molecule has 0 radical (unpaired) electrons. The van der Waals surface area contributed by atoms with E-state index in [0.29, 0.717) is 41.4 Å². The van der Waals surface area contributed by atoms with Gasteiger partial charge in [-0.15, -0.1) is 0 Å². The first-order chi connectivity index (χ1) is 13.1. The molecule has 136 valence electrons. The number of nitrogens with two attached hydrogens (primary N) is 1. The van der Waals surface area contributed by atoms with Crippen LogP contribution in [-0.2, 0) is 16.1 Å². The number of rotatable bonds is 4. The largest absolute Gasteiger partial charge is 0.454 e. The lowest BCUT2D eigenvalue weighted by Gasteiger charge is -2.18. The van der Waals surface area contributed by atoms with Crippen molar-refractivity contribution < 1.29 is 14.3 Å². The Hall–Kier alpha value is -3.48. The quantitative estimate of drug-likeness (QED) is 0.717. The van der Waals surface area contributed by atoms with Gasteiger partial charge in [-0.3, -0.25) is 4.79 Å². The molecule has 0 atom stereocenters. The Morgan fingerprint density at radius 2 is 1.89 bits per heavy atom. The van der Waals surface area contributed by atoms with Gasteiger partial charge in [0.25, 0.3) is 0 Å². The fourth-order valence-electron chi connectivity index (χ4n) is 3.21. The third-order valence-corrected chi connectivity index (χ3v) is 4.50. The highest BCUT2D eigenvalue weighted by molar-refractivity contribution is 6.03. The van der Waals surface area contributed by atoms with Gasteiger partial charge in [0.2, 0.25) is 5.91 Å². The van der Waals surface area contributed by atoms with Gasteiger partial charge in [-0.2, -0.15) is 0 Å². The lowest BCUT2D eigenvalue weighted by molar-refractivity contribution is -0.117. The molecule has 4 rings (SSSR count). The molecule has 2 aromatic carbocycles. The van der Waals surface area contributed by atoms with Crippen molar-refractivity contribution in [1.29, 1.82) is 0 Å². The van der Waals surface area contributed by atoms with Crippen molar-refractivity contribution in [1.82, 2.24) is 9.97 Å². The van der Waals surface area contributed by atoms with Gasteiger partial charge < -0.3 is 15.4 Å². The molecule has 1 amide bonds. The maximum atomic E-state index is 12.6. The van der Waals surface area contributed by atoms with Crippen LogP contribution in [0.5, 0.6) is 0 Å². The summed E-state index contributed by atoms with van der Waals surface area (Å²) in [6, 6.07) is 14.3. The first-order valence-electron chi connectivity index (χ1n) is 8.71. The van der Waals surface area contributed by atoms with Gasteiger partial charge in [-0.1, -0.05) is 24.3 Å². The van der Waals surface area contributed by atoms with Gasteiger partial charge in [0.1, 0.15) is 5.82 Å². The third-order valence-electron chi connectivity index (χ3n) is 4.50. The normalized spacial score (nSPS) is 13.9. The van der Waals surface area contributed by atoms with Gasteiger partial charge >= 0.3 is 5.97 Å². The van der Waals surface area contributed by atoms with Crippen molar-refractivity contribution in [2.75, 3.05) is 17.2 Å². The van der Waals surface area contributed by atoms with E-state index in [9.17, 15) is 9.59 Å². The summed E-state index contributed by atoms with van der Waals surface area (Å²) in [5.74, 6) is 0.158. The van der Waals surface area contributed by atoms with Crippen LogP contribution in [0.4, 0.5) is 11.5 Å². The molecule has 7 heteroatoms. The number of nitrogens with zero attached hydrogens (tertiary/aromatic N) is 3. The Morgan fingerprint density at radius 3 is 2.70 bits per heavy atom. The lowest BCUT2D eigenvalue weighted by Crippen LogP contribution is -2.26. The molecule has 1 saturated heterocycles. The average Bonchev–Trinajstić information content (AvgIpc) is 3.12. The Kier molecular flexibility index (Phi) is 4.42. The molecule has 1 aromatic heterocycles. The lowest BCUT2D eigenvalue weighted by atomic mass is 10.1. The van der Waals surface area contributed by atoms with Crippen LogP contribution in [0.15, 0.2) is 48.5 Å². The molecule has 0 saturated carbocycles. The fraction of sp³-hybridized carbons (Fsp3) is 0.200. The van der Waals surface area contributed by atoms with Gasteiger partial charge in [0.15, 0.2) is 12.4 Å². The summed E-state index contributed by atoms with van der Waals surface area (Å²) in [6.45, 7) is 0.504. The molecule has 0 aliphatic carbocycles. The Morgan fingerprint density at radius 1 is 1.11 bits per heavy atom. The number of benzene rings is 2. The van der Waals surface area contributed by atoms with E-state index in [0.717, 1.165) is 11.8 Å². The first-order valence-corrected chi connectivity index (χ1v) is 8.71. The zero-order valence-electron chi connectivity index (χ0n) is 14.6. The van der Waals surface area contributed by atoms with Gasteiger partial charge in [-0.25, -0.2) is 14.8 Å². The van der Waals surface area contributed by atoms with Crippen molar-refractivity contribution in [2.24, 2.45) is 0 Å². The monoisotopic (exact) mass is 362 g/mol. The number of fused-ring (bicyclic) bond motifs is 1. The molecule has 1 fully saturated rings. The van der Waals surface area contributed by atoms with Crippen LogP contribution in [-0.4, -0.2) is 28.4 Å². The van der Waals surface area contributed by atoms with Crippen LogP contribution in [0, 0.1) is 0 Å². The number of anilines is 2. The minimum atomic E-state index is -0.527. The Balaban J connectivity index is 1.55. The summed E-state index contributed by atoms with van der Waals surface area (Å²) < 4.78 is 5.40. The molecule has 2 N–H and O–H groups in total. The number of amides is 1. The predicted molar refractivity (Wildman–Crippen MR) is 101 cm³/mol. The van der Waals surface area contributed by atoms with E-state index in [1.165, 1.54) is 0 Å². The highest BCUT2D eigenvalue weighted by Gasteiger charge is 2.26. The summed E-state index contributed by atoms with van der Waals surface area (Å²) in [4.78, 5) is 34.8. The van der Waals surface area contributed by atoms with Crippen LogP contribution in [0.3, 0.4) is 0 Å². The zero-order chi connectivity index (χ0) is 18.8. The number of carbonyl (C=O) groups excluding carboxylic acids is 2. The van der Waals surface area contributed by atoms with Crippen molar-refractivity contribution in [3.63, 3.8) is 0 Å². The molecule has 0 bridgehead atoms. The molecular formula is C20H18N4O3. The van der Waals surface area contributed by atoms with Crippen molar-refractivity contribution in [3.8, 4) is 0 Å². The van der Waals surface area contributed by atoms with Crippen LogP contribution in [0.25, 0.3) is 10.9 Å². The standard InChI is InChI=1S/C20H18N4O3/c21-19-13-6-1-3-8-15(13)22-17(23-19)12-27-20(26)14-7-2-4-9-16(14)24-11-5-10-18(24)25/h1-4,6-9H,5,10-12H2,(H2,21,22,23). The van der Waals surface area contributed by atoms with Gasteiger partial charge in [0.05, 0.1) is 16.8 Å². The van der Waals surface area contributed by atoms with Crippen molar-refractivity contribution in [3.05, 3.63) is 59.9 Å². The SMILES string of the molecule is Nc1nc(COC(=O)c2ccccc2N2CCCC2=O)nc2ccccc12. The molecule has 2 heterocycles. The Labute approximate surface area is 155 Å². The molecule has 3 aromatic rings. The second-order valence-electron chi connectivity index (χ2n) is 6.28. The molecule has 0 spiro atoms. The van der Waals surface area contributed by atoms with E-state index in [1.54, 1.807) is 29.2 Å². The summed E-state index contributed by atoms with van der Waals surface area (Å²) in [6.07, 6.45) is 1.28. The van der Waals surface area contributed by atoms with Gasteiger partial charge in [-0.05, 0) is 30.7 Å². The number of carbonyl (C=O) groups is 2. The summed E-state index contributed by atoms with van der Waals surface area (Å²) in [5.41, 5.74) is 7.58. The van der Waals surface area contributed by atoms with Crippen molar-refractivity contribution in [2.45, 2.75) is 19.4 Å². The van der Waals surface area contributed by atoms with E-state index in [4.69, 9.17) is 10.5 Å². The number of esters is 1. The smallest absolute Gasteiger partial charge is 0.340 e. The van der Waals surface area contributed by atoms with Crippen LogP contribution in [0.1, 0.15) is 29.0 Å². The second kappa shape index (κ2) is 7.03. The predicted octanol–water partition coefficient (Wildman–Crippen LogP) is 2.70. The molecule has 1 aliphatic heterocycles. The van der Waals surface area contributed by atoms with E-state index in [1.807, 2.05) is 24.3 Å². The van der Waals surface area contributed by atoms with Crippen LogP contribution < -0.4 is 10.6 Å². The maximum Gasteiger partial charge on any atom is 0.340 e. The summed E-state index contributed by atoms with van der Waals surface area (Å²) in [7, 11) is 0. The number of nitrogen functional groups attached to an aromatic ring is 1. The highest BCUT2D eigenvalue weighted by atomic mass is 16.5. The number of hydrogen-bond donors (Lipinski definition) is 1. The molecular weight excluding hydrogens is 344 g/mol. The first kappa shape index (κ1) is 17.0. The van der Waals surface area contributed by atoms with E-state index >= 15 is 0 Å².